The smallest absolute Gasteiger partial charge is 0.0140 e. The van der Waals surface area contributed by atoms with E-state index in [4.69, 9.17) is 0 Å². The lowest BCUT2D eigenvalue weighted by Crippen LogP contribution is -1.99. The van der Waals surface area contributed by atoms with E-state index >= 15 is 0 Å². The summed E-state index contributed by atoms with van der Waals surface area (Å²) in [5.74, 6) is 0. The molecule has 0 rings (SSSR count). The summed E-state index contributed by atoms with van der Waals surface area (Å²) in [6.45, 7) is 0. The first-order valence-electron chi connectivity index (χ1n) is 1.34. The standard InChI is InChI=1S/C3H9N.2H2O/c1-4(2)3;;/h1-3H3;2*1H2. The first-order valence-corrected chi connectivity index (χ1v) is 1.34. The molecule has 0 aliphatic carbocycles. The van der Waals surface area contributed by atoms with Crippen molar-refractivity contribution in [1.29, 1.82) is 0 Å². The fraction of sp³-hybridized carbons (Fsp3) is 1.00. The van der Waals surface area contributed by atoms with Crippen molar-refractivity contribution in [2.75, 3.05) is 21.1 Å². The molecule has 4 N–H and O–H groups in total. The van der Waals surface area contributed by atoms with Gasteiger partial charge in [0.2, 0.25) is 0 Å². The van der Waals surface area contributed by atoms with Crippen LogP contribution in [0.25, 0.3) is 0 Å². The van der Waals surface area contributed by atoms with Crippen LogP contribution in [0, 0.1) is 0 Å². The first-order chi connectivity index (χ1) is 1.73. The van der Waals surface area contributed by atoms with Gasteiger partial charge in [-0.2, -0.15) is 0 Å². The summed E-state index contributed by atoms with van der Waals surface area (Å²) in [4.78, 5) is 2.00. The molecule has 42 valence electrons. The van der Waals surface area contributed by atoms with Gasteiger partial charge in [0.05, 0.1) is 0 Å². The van der Waals surface area contributed by atoms with E-state index in [0.29, 0.717) is 0 Å². The second-order valence-electron chi connectivity index (χ2n) is 1.34. The maximum absolute atomic E-state index is 2.00. The Morgan fingerprint density at radius 1 is 0.833 bits per heavy atom. The van der Waals surface area contributed by atoms with Crippen molar-refractivity contribution < 1.29 is 11.0 Å². The third-order valence-electron chi connectivity index (χ3n) is 0. The molecule has 0 fully saturated rings. The molecule has 0 aromatic heterocycles. The third kappa shape index (κ3) is 2230. The molecule has 0 atom stereocenters. The molecule has 3 nitrogen and oxygen atoms in total. The second-order valence-corrected chi connectivity index (χ2v) is 1.34. The van der Waals surface area contributed by atoms with Gasteiger partial charge in [-0.05, 0) is 21.1 Å². The summed E-state index contributed by atoms with van der Waals surface area (Å²) >= 11 is 0. The molecule has 0 aliphatic heterocycles. The lowest BCUT2D eigenvalue weighted by molar-refractivity contribution is 0.505. The van der Waals surface area contributed by atoms with Crippen LogP contribution in [-0.4, -0.2) is 37.0 Å². The average molecular weight is 95.1 g/mol. The molecule has 0 aromatic rings. The first kappa shape index (κ1) is 16.9. The molecule has 0 spiro atoms. The lowest BCUT2D eigenvalue weighted by atomic mass is 11.0. The Morgan fingerprint density at radius 2 is 0.833 bits per heavy atom. The number of hydrogen-bond donors (Lipinski definition) is 0. The predicted molar refractivity (Wildman–Crippen MR) is 26.8 cm³/mol. The molecule has 0 bridgehead atoms. The summed E-state index contributed by atoms with van der Waals surface area (Å²) in [6.07, 6.45) is 0. The van der Waals surface area contributed by atoms with Crippen LogP contribution in [0.2, 0.25) is 0 Å². The molecule has 3 heteroatoms. The Hall–Kier alpha value is -0.120. The molecule has 0 amide bonds. The van der Waals surface area contributed by atoms with E-state index in [-0.39, 0.29) is 11.0 Å². The summed E-state index contributed by atoms with van der Waals surface area (Å²) in [6, 6.07) is 0. The fourth-order valence-corrected chi connectivity index (χ4v) is 0. The third-order valence-corrected chi connectivity index (χ3v) is 0. The highest BCUT2D eigenvalue weighted by Gasteiger charge is 1.58. The zero-order valence-corrected chi connectivity index (χ0v) is 4.45. The van der Waals surface area contributed by atoms with Crippen molar-refractivity contribution in [3.8, 4) is 0 Å². The van der Waals surface area contributed by atoms with E-state index in [1.807, 2.05) is 26.0 Å². The van der Waals surface area contributed by atoms with Crippen LogP contribution in [-0.2, 0) is 0 Å². The van der Waals surface area contributed by atoms with Crippen LogP contribution < -0.4 is 0 Å². The summed E-state index contributed by atoms with van der Waals surface area (Å²) in [5.41, 5.74) is 0. The van der Waals surface area contributed by atoms with Crippen LogP contribution in [0.15, 0.2) is 0 Å². The van der Waals surface area contributed by atoms with Gasteiger partial charge in [0, 0.05) is 0 Å². The van der Waals surface area contributed by atoms with Crippen molar-refractivity contribution >= 4 is 0 Å². The topological polar surface area (TPSA) is 66.2 Å². The Morgan fingerprint density at radius 3 is 0.833 bits per heavy atom. The molecule has 0 aromatic carbocycles. The van der Waals surface area contributed by atoms with E-state index in [9.17, 15) is 0 Å². The zero-order chi connectivity index (χ0) is 3.58. The Balaban J connectivity index is -0.0000000450. The van der Waals surface area contributed by atoms with Crippen LogP contribution in [0.4, 0.5) is 0 Å². The van der Waals surface area contributed by atoms with Crippen LogP contribution in [0.1, 0.15) is 0 Å². The van der Waals surface area contributed by atoms with Gasteiger partial charge in [-0.15, -0.1) is 0 Å². The zero-order valence-electron chi connectivity index (χ0n) is 4.45. The highest BCUT2D eigenvalue weighted by molar-refractivity contribution is 4.09. The van der Waals surface area contributed by atoms with Crippen molar-refractivity contribution in [1.82, 2.24) is 4.90 Å². The summed E-state index contributed by atoms with van der Waals surface area (Å²) in [7, 11) is 6.00. The quantitative estimate of drug-likeness (QED) is 0.362. The molecular formula is C3H13NO2. The number of rotatable bonds is 0. The van der Waals surface area contributed by atoms with E-state index in [2.05, 4.69) is 0 Å². The highest BCUT2D eigenvalue weighted by Crippen LogP contribution is 1.47. The average Bonchev–Trinajstić information content (AvgIpc) is 0.811. The maximum Gasteiger partial charge on any atom is -0.0140 e. The van der Waals surface area contributed by atoms with E-state index in [1.54, 1.807) is 0 Å². The summed E-state index contributed by atoms with van der Waals surface area (Å²) < 4.78 is 0. The lowest BCUT2D eigenvalue weighted by Gasteiger charge is -1.90. The fourth-order valence-electron chi connectivity index (χ4n) is 0. The van der Waals surface area contributed by atoms with Crippen LogP contribution in [0.3, 0.4) is 0 Å². The molecule has 0 saturated carbocycles. The van der Waals surface area contributed by atoms with Gasteiger partial charge in [-0.25, -0.2) is 0 Å². The monoisotopic (exact) mass is 95.1 g/mol. The minimum Gasteiger partial charge on any atom is -0.412 e. The second kappa shape index (κ2) is 8.86. The molecule has 0 heterocycles. The SMILES string of the molecule is CN(C)C.O.O. The number of hydrogen-bond acceptors (Lipinski definition) is 1. The minimum absolute atomic E-state index is 0. The molecule has 0 radical (unpaired) electrons. The van der Waals surface area contributed by atoms with Gasteiger partial charge in [0.25, 0.3) is 0 Å². The van der Waals surface area contributed by atoms with Crippen molar-refractivity contribution in [2.24, 2.45) is 0 Å². The van der Waals surface area contributed by atoms with E-state index in [1.165, 1.54) is 0 Å². The minimum atomic E-state index is 0. The Kier molecular flexibility index (Phi) is 24.9. The molecule has 0 saturated heterocycles. The Bertz CT molecular complexity index is 13.5. The molecule has 6 heavy (non-hydrogen) atoms. The normalized spacial score (nSPS) is 6.00. The molecule has 0 aliphatic rings. The predicted octanol–water partition coefficient (Wildman–Crippen LogP) is -1.47. The van der Waals surface area contributed by atoms with Gasteiger partial charge in [-0.1, -0.05) is 0 Å². The van der Waals surface area contributed by atoms with E-state index < -0.39 is 0 Å². The number of nitrogens with zero attached hydrogens (tertiary/aromatic N) is 1. The molecular weight excluding hydrogens is 82.0 g/mol. The van der Waals surface area contributed by atoms with Crippen molar-refractivity contribution in [3.05, 3.63) is 0 Å². The summed E-state index contributed by atoms with van der Waals surface area (Å²) in [5, 5.41) is 0. The van der Waals surface area contributed by atoms with Gasteiger partial charge >= 0.3 is 0 Å². The van der Waals surface area contributed by atoms with E-state index in [0.717, 1.165) is 0 Å². The highest BCUT2D eigenvalue weighted by atomic mass is 16.0. The van der Waals surface area contributed by atoms with Crippen molar-refractivity contribution in [3.63, 3.8) is 0 Å². The van der Waals surface area contributed by atoms with Crippen molar-refractivity contribution in [2.45, 2.75) is 0 Å². The maximum atomic E-state index is 2.00. The van der Waals surface area contributed by atoms with Crippen LogP contribution in [0.5, 0.6) is 0 Å². The molecule has 0 unspecified atom stereocenters. The Labute approximate surface area is 38.2 Å². The van der Waals surface area contributed by atoms with Gasteiger partial charge in [0.1, 0.15) is 0 Å². The van der Waals surface area contributed by atoms with Gasteiger partial charge < -0.3 is 15.9 Å². The van der Waals surface area contributed by atoms with Crippen LogP contribution >= 0.6 is 0 Å². The van der Waals surface area contributed by atoms with Gasteiger partial charge in [-0.3, -0.25) is 0 Å². The van der Waals surface area contributed by atoms with Gasteiger partial charge in [0.15, 0.2) is 0 Å². The largest absolute Gasteiger partial charge is 0.412 e.